The number of amides is 1. The van der Waals surface area contributed by atoms with E-state index in [1.807, 2.05) is 20.8 Å². The van der Waals surface area contributed by atoms with Crippen molar-refractivity contribution in [2.45, 2.75) is 43.6 Å². The second kappa shape index (κ2) is 9.82. The number of fused-ring (bicyclic) bond motifs is 1. The first kappa shape index (κ1) is 21.9. The Morgan fingerprint density at radius 3 is 2.69 bits per heavy atom. The van der Waals surface area contributed by atoms with Crippen LogP contribution in [0.25, 0.3) is 10.2 Å². The highest BCUT2D eigenvalue weighted by Gasteiger charge is 2.16. The van der Waals surface area contributed by atoms with E-state index in [0.29, 0.717) is 23.5 Å². The van der Waals surface area contributed by atoms with E-state index in [0.717, 1.165) is 21.0 Å². The van der Waals surface area contributed by atoms with Gasteiger partial charge in [-0.3, -0.25) is 9.59 Å². The van der Waals surface area contributed by atoms with Gasteiger partial charge in [0, 0.05) is 22.1 Å². The maximum atomic E-state index is 12.3. The zero-order chi connectivity index (χ0) is 21.0. The van der Waals surface area contributed by atoms with E-state index in [9.17, 15) is 9.59 Å². The highest BCUT2D eigenvalue weighted by atomic mass is 32.2. The lowest BCUT2D eigenvalue weighted by Crippen LogP contribution is -2.32. The molecule has 0 spiro atoms. The summed E-state index contributed by atoms with van der Waals surface area (Å²) in [5.41, 5.74) is 2.14. The number of H-pyrrole nitrogens is 1. The number of hydrogen-bond donors (Lipinski definition) is 2. The molecule has 29 heavy (non-hydrogen) atoms. The summed E-state index contributed by atoms with van der Waals surface area (Å²) in [6.45, 7) is 8.52. The van der Waals surface area contributed by atoms with Crippen molar-refractivity contribution in [3.63, 3.8) is 0 Å². The molecule has 0 saturated heterocycles. The Hall–Kier alpha value is -1.77. The molecule has 0 aliphatic carbocycles. The fraction of sp³-hybridized carbons (Fsp3) is 0.381. The maximum absolute atomic E-state index is 12.3. The van der Waals surface area contributed by atoms with E-state index < -0.39 is 0 Å². The summed E-state index contributed by atoms with van der Waals surface area (Å²) in [5.74, 6) is 1.94. The Morgan fingerprint density at radius 1 is 1.24 bits per heavy atom. The first-order valence-electron chi connectivity index (χ1n) is 9.43. The van der Waals surface area contributed by atoms with Crippen LogP contribution >= 0.6 is 34.9 Å². The number of aromatic nitrogens is 2. The van der Waals surface area contributed by atoms with Gasteiger partial charge in [0.05, 0.1) is 16.4 Å². The maximum Gasteiger partial charge on any atom is 0.259 e. The summed E-state index contributed by atoms with van der Waals surface area (Å²) in [6, 6.07) is 8.38. The van der Waals surface area contributed by atoms with Gasteiger partial charge < -0.3 is 10.3 Å². The molecule has 0 radical (unpaired) electrons. The van der Waals surface area contributed by atoms with E-state index in [2.05, 4.69) is 46.5 Å². The van der Waals surface area contributed by atoms with Gasteiger partial charge in [0.2, 0.25) is 5.91 Å². The van der Waals surface area contributed by atoms with Crippen LogP contribution in [-0.2, 0) is 10.5 Å². The SMILES string of the molecule is Cc1ccc(SCCNC(=O)C(C)SCc2nc3sc(C)c(C)c3c(=O)[nH]2)cc1. The number of hydrogen-bond acceptors (Lipinski definition) is 6. The standard InChI is InChI=1S/C21H25N3O2S3/c1-12-5-7-16(8-6-12)27-10-9-22-19(25)15(4)28-11-17-23-20(26)18-13(2)14(3)29-21(18)24-17/h5-8,15H,9-11H2,1-4H3,(H,22,25)(H,23,24,26). The highest BCUT2D eigenvalue weighted by Crippen LogP contribution is 2.26. The number of aryl methyl sites for hydroxylation is 3. The largest absolute Gasteiger partial charge is 0.354 e. The molecule has 154 valence electrons. The predicted octanol–water partition coefficient (Wildman–Crippen LogP) is 4.44. The monoisotopic (exact) mass is 447 g/mol. The number of rotatable bonds is 8. The van der Waals surface area contributed by atoms with Crippen LogP contribution in [0.2, 0.25) is 0 Å². The molecule has 3 rings (SSSR count). The van der Waals surface area contributed by atoms with Gasteiger partial charge >= 0.3 is 0 Å². The Morgan fingerprint density at radius 2 is 1.97 bits per heavy atom. The van der Waals surface area contributed by atoms with Crippen molar-refractivity contribution < 1.29 is 4.79 Å². The lowest BCUT2D eigenvalue weighted by molar-refractivity contribution is -0.120. The highest BCUT2D eigenvalue weighted by molar-refractivity contribution is 7.99. The summed E-state index contributed by atoms with van der Waals surface area (Å²) < 4.78 is 0. The van der Waals surface area contributed by atoms with Crippen LogP contribution in [0.3, 0.4) is 0 Å². The molecule has 1 atom stereocenters. The van der Waals surface area contributed by atoms with Gasteiger partial charge in [0.25, 0.3) is 5.56 Å². The Kier molecular flexibility index (Phi) is 7.43. The fourth-order valence-electron chi connectivity index (χ4n) is 2.77. The number of nitrogens with one attached hydrogen (secondary N) is 2. The average Bonchev–Trinajstić information content (AvgIpc) is 2.98. The van der Waals surface area contributed by atoms with Crippen LogP contribution in [-0.4, -0.2) is 33.4 Å². The minimum atomic E-state index is -0.216. The van der Waals surface area contributed by atoms with Crippen LogP contribution in [0.1, 0.15) is 28.8 Å². The molecule has 0 saturated carbocycles. The number of benzene rings is 1. The molecule has 1 aromatic carbocycles. The number of thioether (sulfide) groups is 2. The van der Waals surface area contributed by atoms with E-state index in [1.54, 1.807) is 11.8 Å². The van der Waals surface area contributed by atoms with Crippen LogP contribution in [0.5, 0.6) is 0 Å². The summed E-state index contributed by atoms with van der Waals surface area (Å²) in [4.78, 5) is 35.2. The van der Waals surface area contributed by atoms with Crippen LogP contribution in [0, 0.1) is 20.8 Å². The van der Waals surface area contributed by atoms with E-state index in [-0.39, 0.29) is 16.7 Å². The van der Waals surface area contributed by atoms with Crippen molar-refractivity contribution in [1.82, 2.24) is 15.3 Å². The molecule has 1 unspecified atom stereocenters. The van der Waals surface area contributed by atoms with Gasteiger partial charge in [-0.05, 0) is 45.4 Å². The molecular formula is C21H25N3O2S3. The van der Waals surface area contributed by atoms with Crippen LogP contribution in [0.4, 0.5) is 0 Å². The zero-order valence-electron chi connectivity index (χ0n) is 17.0. The molecule has 8 heteroatoms. The predicted molar refractivity (Wildman–Crippen MR) is 125 cm³/mol. The number of nitrogens with zero attached hydrogens (tertiary/aromatic N) is 1. The van der Waals surface area contributed by atoms with Gasteiger partial charge in [0.15, 0.2) is 0 Å². The van der Waals surface area contributed by atoms with Crippen molar-refractivity contribution >= 4 is 51.0 Å². The smallest absolute Gasteiger partial charge is 0.259 e. The lowest BCUT2D eigenvalue weighted by Gasteiger charge is -2.11. The number of aromatic amines is 1. The van der Waals surface area contributed by atoms with Crippen molar-refractivity contribution in [1.29, 1.82) is 0 Å². The zero-order valence-corrected chi connectivity index (χ0v) is 19.4. The molecule has 0 fully saturated rings. The molecule has 1 amide bonds. The van der Waals surface area contributed by atoms with Crippen molar-refractivity contribution in [2.75, 3.05) is 12.3 Å². The lowest BCUT2D eigenvalue weighted by atomic mass is 10.2. The first-order chi connectivity index (χ1) is 13.8. The third-order valence-corrected chi connectivity index (χ3v) is 7.89. The van der Waals surface area contributed by atoms with E-state index >= 15 is 0 Å². The van der Waals surface area contributed by atoms with Crippen molar-refractivity contribution in [3.8, 4) is 0 Å². The minimum Gasteiger partial charge on any atom is -0.354 e. The molecular weight excluding hydrogens is 422 g/mol. The number of carbonyl (C=O) groups is 1. The Labute approximate surface area is 183 Å². The summed E-state index contributed by atoms with van der Waals surface area (Å²) in [5, 5.41) is 3.44. The fourth-order valence-corrected chi connectivity index (χ4v) is 5.37. The summed E-state index contributed by atoms with van der Waals surface area (Å²) in [7, 11) is 0. The Bertz CT molecular complexity index is 1060. The second-order valence-corrected chi connectivity index (χ2v) is 10.6. The van der Waals surface area contributed by atoms with E-state index in [1.165, 1.54) is 33.6 Å². The molecule has 0 aliphatic heterocycles. The number of carbonyl (C=O) groups excluding carboxylic acids is 1. The molecule has 0 aliphatic rings. The first-order valence-corrected chi connectivity index (χ1v) is 12.3. The van der Waals surface area contributed by atoms with Gasteiger partial charge in [-0.2, -0.15) is 0 Å². The molecule has 3 aromatic rings. The van der Waals surface area contributed by atoms with Gasteiger partial charge in [-0.15, -0.1) is 34.9 Å². The van der Waals surface area contributed by atoms with Crippen LogP contribution in [0.15, 0.2) is 34.0 Å². The van der Waals surface area contributed by atoms with Crippen molar-refractivity contribution in [3.05, 3.63) is 56.4 Å². The van der Waals surface area contributed by atoms with Gasteiger partial charge in [-0.1, -0.05) is 17.7 Å². The third kappa shape index (κ3) is 5.65. The quantitative estimate of drug-likeness (QED) is 0.394. The van der Waals surface area contributed by atoms with Crippen molar-refractivity contribution in [2.24, 2.45) is 0 Å². The van der Waals surface area contributed by atoms with Crippen LogP contribution < -0.4 is 10.9 Å². The van der Waals surface area contributed by atoms with E-state index in [4.69, 9.17) is 0 Å². The normalized spacial score (nSPS) is 12.3. The average molecular weight is 448 g/mol. The third-order valence-electron chi connectivity index (χ3n) is 4.62. The second-order valence-electron chi connectivity index (χ2n) is 6.88. The molecule has 0 bridgehead atoms. The Balaban J connectivity index is 1.46. The summed E-state index contributed by atoms with van der Waals surface area (Å²) >= 11 is 4.74. The van der Waals surface area contributed by atoms with Gasteiger partial charge in [0.1, 0.15) is 10.7 Å². The minimum absolute atomic E-state index is 0.00532. The molecule has 5 nitrogen and oxygen atoms in total. The summed E-state index contributed by atoms with van der Waals surface area (Å²) in [6.07, 6.45) is 0. The molecule has 2 heterocycles. The van der Waals surface area contributed by atoms with Gasteiger partial charge in [-0.25, -0.2) is 4.98 Å². The molecule has 2 N–H and O–H groups in total. The molecule has 2 aromatic heterocycles. The number of thiophene rings is 1. The topological polar surface area (TPSA) is 74.8 Å².